The van der Waals surface area contributed by atoms with Gasteiger partial charge in [-0.2, -0.15) is 0 Å². The number of aliphatic hydroxyl groups excluding tert-OH is 1. The number of carbonyl (C=O) groups excluding carboxylic acids is 2. The highest BCUT2D eigenvalue weighted by Crippen LogP contribution is 2.22. The normalized spacial score (nSPS) is 22.3. The monoisotopic (exact) mass is 463 g/mol. The second-order valence-corrected chi connectivity index (χ2v) is 8.21. The first-order valence-electron chi connectivity index (χ1n) is 11.0. The van der Waals surface area contributed by atoms with Gasteiger partial charge >= 0.3 is 6.03 Å². The molecule has 3 amide bonds. The van der Waals surface area contributed by atoms with Crippen LogP contribution >= 0.6 is 0 Å². The van der Waals surface area contributed by atoms with Crippen LogP contribution in [0.3, 0.4) is 0 Å². The molecule has 2 saturated heterocycles. The topological polar surface area (TPSA) is 125 Å². The maximum Gasteiger partial charge on any atom is 0.325 e. The lowest BCUT2D eigenvalue weighted by atomic mass is 10.1. The number of carbonyl (C=O) groups is 2. The lowest BCUT2D eigenvalue weighted by Crippen LogP contribution is -2.65. The molecule has 0 aromatic heterocycles. The standard InChI is InChI=1S/C22H33N5O6/c1-14(2)32-11-5-10-23-21-24-19-18(20(29)25-22(30)26(19)3)27(21)12-15(28)13-33-17-8-6-16(31-4)7-9-17/h6-9,14-15,18-19,28H,5,10-13H2,1-4H3,(H,23,24)(H,25,29,30). The van der Waals surface area contributed by atoms with Crippen LogP contribution in [0.5, 0.6) is 11.5 Å². The zero-order chi connectivity index (χ0) is 24.0. The van der Waals surface area contributed by atoms with Crippen molar-refractivity contribution in [3.8, 4) is 11.5 Å². The third kappa shape index (κ3) is 6.26. The molecule has 2 heterocycles. The van der Waals surface area contributed by atoms with E-state index in [2.05, 4.69) is 15.6 Å². The van der Waals surface area contributed by atoms with Gasteiger partial charge in [0.1, 0.15) is 30.4 Å². The summed E-state index contributed by atoms with van der Waals surface area (Å²) in [6, 6.07) is 5.84. The zero-order valence-electron chi connectivity index (χ0n) is 19.5. The Balaban J connectivity index is 1.65. The van der Waals surface area contributed by atoms with Gasteiger partial charge in [-0.05, 0) is 44.5 Å². The van der Waals surface area contributed by atoms with E-state index in [1.807, 2.05) is 13.8 Å². The number of likely N-dealkylation sites (N-methyl/N-ethyl adjacent to an activating group) is 1. The van der Waals surface area contributed by atoms with E-state index in [9.17, 15) is 14.7 Å². The van der Waals surface area contributed by atoms with Crippen molar-refractivity contribution < 1.29 is 28.9 Å². The number of rotatable bonds is 11. The SMILES string of the molecule is COc1ccc(OCC(O)CN2C(=NCCCOC(C)C)NC3C2C(=O)NC(=O)N3C)cc1. The fourth-order valence-electron chi connectivity index (χ4n) is 3.63. The minimum atomic E-state index is -0.905. The molecule has 33 heavy (non-hydrogen) atoms. The van der Waals surface area contributed by atoms with Crippen LogP contribution < -0.4 is 20.1 Å². The number of amides is 3. The molecule has 2 fully saturated rings. The van der Waals surface area contributed by atoms with Crippen LogP contribution in [0.2, 0.25) is 0 Å². The van der Waals surface area contributed by atoms with Crippen molar-refractivity contribution >= 4 is 17.9 Å². The van der Waals surface area contributed by atoms with Crippen molar-refractivity contribution in [2.45, 2.75) is 44.7 Å². The van der Waals surface area contributed by atoms with Gasteiger partial charge in [-0.1, -0.05) is 0 Å². The van der Waals surface area contributed by atoms with Crippen molar-refractivity contribution in [3.05, 3.63) is 24.3 Å². The van der Waals surface area contributed by atoms with Crippen LogP contribution in [-0.4, -0.2) is 97.7 Å². The van der Waals surface area contributed by atoms with Crippen LogP contribution in [0.25, 0.3) is 0 Å². The number of imide groups is 1. The molecule has 3 rings (SSSR count). The second kappa shape index (κ2) is 11.2. The van der Waals surface area contributed by atoms with Gasteiger partial charge in [0, 0.05) is 20.2 Å². The number of urea groups is 1. The van der Waals surface area contributed by atoms with Gasteiger partial charge in [-0.25, -0.2) is 4.79 Å². The van der Waals surface area contributed by atoms with E-state index in [-0.39, 0.29) is 19.3 Å². The molecule has 2 aliphatic rings. The molecule has 0 bridgehead atoms. The maximum atomic E-state index is 12.6. The van der Waals surface area contributed by atoms with E-state index in [1.54, 1.807) is 43.3 Å². The van der Waals surface area contributed by atoms with Crippen molar-refractivity contribution in [2.75, 3.05) is 40.5 Å². The van der Waals surface area contributed by atoms with Gasteiger partial charge in [-0.15, -0.1) is 0 Å². The molecule has 182 valence electrons. The fourth-order valence-corrected chi connectivity index (χ4v) is 3.63. The maximum absolute atomic E-state index is 12.6. The molecule has 3 N–H and O–H groups in total. The summed E-state index contributed by atoms with van der Waals surface area (Å²) >= 11 is 0. The summed E-state index contributed by atoms with van der Waals surface area (Å²) in [5.41, 5.74) is 0. The molecule has 3 unspecified atom stereocenters. The Bertz CT molecular complexity index is 846. The smallest absolute Gasteiger partial charge is 0.325 e. The van der Waals surface area contributed by atoms with Gasteiger partial charge in [0.05, 0.1) is 19.8 Å². The minimum Gasteiger partial charge on any atom is -0.497 e. The number of aliphatic hydroxyl groups is 1. The largest absolute Gasteiger partial charge is 0.497 e. The first kappa shape index (κ1) is 24.6. The van der Waals surface area contributed by atoms with Crippen LogP contribution in [0, 0.1) is 0 Å². The first-order valence-corrected chi connectivity index (χ1v) is 11.0. The summed E-state index contributed by atoms with van der Waals surface area (Å²) < 4.78 is 16.3. The van der Waals surface area contributed by atoms with E-state index in [4.69, 9.17) is 14.2 Å². The predicted molar refractivity (Wildman–Crippen MR) is 121 cm³/mol. The third-order valence-corrected chi connectivity index (χ3v) is 5.34. The van der Waals surface area contributed by atoms with Gasteiger partial charge in [0.25, 0.3) is 5.91 Å². The van der Waals surface area contributed by atoms with Gasteiger partial charge in [0.15, 0.2) is 12.0 Å². The third-order valence-electron chi connectivity index (χ3n) is 5.34. The van der Waals surface area contributed by atoms with Crippen LogP contribution in [0.1, 0.15) is 20.3 Å². The number of hydrogen-bond acceptors (Lipinski definition) is 7. The molecule has 3 atom stereocenters. The second-order valence-electron chi connectivity index (χ2n) is 8.21. The number of hydrogen-bond donors (Lipinski definition) is 3. The van der Waals surface area contributed by atoms with Crippen molar-refractivity contribution in [1.82, 2.24) is 20.4 Å². The summed E-state index contributed by atoms with van der Waals surface area (Å²) in [5.74, 6) is 1.31. The minimum absolute atomic E-state index is 0.0200. The highest BCUT2D eigenvalue weighted by Gasteiger charge is 2.50. The Labute approximate surface area is 193 Å². The Morgan fingerprint density at radius 3 is 2.55 bits per heavy atom. The summed E-state index contributed by atoms with van der Waals surface area (Å²) in [5, 5.41) is 16.2. The molecule has 0 spiro atoms. The number of nitrogens with one attached hydrogen (secondary N) is 2. The number of β-amino-alcohol motifs (C(OH)–C–C–N with tert-alkyl or cyclic N) is 1. The molecular formula is C22H33N5O6. The quantitative estimate of drug-likeness (QED) is 0.403. The number of fused-ring (bicyclic) bond motifs is 1. The van der Waals surface area contributed by atoms with Crippen molar-refractivity contribution in [1.29, 1.82) is 0 Å². The average molecular weight is 464 g/mol. The Kier molecular flexibility index (Phi) is 8.34. The Hall–Kier alpha value is -3.05. The fraction of sp³-hybridized carbons (Fsp3) is 0.591. The van der Waals surface area contributed by atoms with E-state index in [0.29, 0.717) is 37.0 Å². The average Bonchev–Trinajstić information content (AvgIpc) is 3.14. The predicted octanol–water partition coefficient (Wildman–Crippen LogP) is 0.388. The number of benzene rings is 1. The molecule has 11 nitrogen and oxygen atoms in total. The zero-order valence-corrected chi connectivity index (χ0v) is 19.5. The lowest BCUT2D eigenvalue weighted by molar-refractivity contribution is -0.127. The summed E-state index contributed by atoms with van der Waals surface area (Å²) in [6.07, 6.45) is -0.633. The van der Waals surface area contributed by atoms with Crippen molar-refractivity contribution in [3.63, 3.8) is 0 Å². The van der Waals surface area contributed by atoms with E-state index < -0.39 is 30.2 Å². The molecule has 0 aliphatic carbocycles. The molecule has 11 heteroatoms. The number of methoxy groups -OCH3 is 1. The number of nitrogens with zero attached hydrogens (tertiary/aromatic N) is 3. The van der Waals surface area contributed by atoms with Crippen LogP contribution in [-0.2, 0) is 9.53 Å². The molecule has 0 radical (unpaired) electrons. The van der Waals surface area contributed by atoms with Crippen LogP contribution in [0.4, 0.5) is 4.79 Å². The molecule has 2 aliphatic heterocycles. The van der Waals surface area contributed by atoms with E-state index in [0.717, 1.165) is 0 Å². The van der Waals surface area contributed by atoms with Gasteiger partial charge in [0.2, 0.25) is 0 Å². The van der Waals surface area contributed by atoms with Crippen molar-refractivity contribution in [2.24, 2.45) is 4.99 Å². The molecule has 0 saturated carbocycles. The van der Waals surface area contributed by atoms with Crippen LogP contribution in [0.15, 0.2) is 29.3 Å². The number of aliphatic imine (C=N–C) groups is 1. The summed E-state index contributed by atoms with van der Waals surface area (Å²) in [4.78, 5) is 32.4. The summed E-state index contributed by atoms with van der Waals surface area (Å²) in [7, 11) is 3.19. The highest BCUT2D eigenvalue weighted by molar-refractivity contribution is 6.04. The number of guanidine groups is 1. The lowest BCUT2D eigenvalue weighted by Gasteiger charge is -2.35. The molecular weight excluding hydrogens is 430 g/mol. The Morgan fingerprint density at radius 2 is 1.88 bits per heavy atom. The summed E-state index contributed by atoms with van der Waals surface area (Å²) in [6.45, 7) is 5.10. The van der Waals surface area contributed by atoms with Gasteiger partial charge < -0.3 is 34.4 Å². The first-order chi connectivity index (χ1) is 15.8. The number of ether oxygens (including phenoxy) is 3. The molecule has 1 aromatic carbocycles. The van der Waals surface area contributed by atoms with Gasteiger partial charge in [-0.3, -0.25) is 15.1 Å². The molecule has 1 aromatic rings. The van der Waals surface area contributed by atoms with E-state index in [1.165, 1.54) is 4.90 Å². The Morgan fingerprint density at radius 1 is 1.18 bits per heavy atom. The van der Waals surface area contributed by atoms with E-state index >= 15 is 0 Å². The highest BCUT2D eigenvalue weighted by atomic mass is 16.5.